The maximum Gasteiger partial charge on any atom is 0.123 e. The lowest BCUT2D eigenvalue weighted by Crippen LogP contribution is -2.50. The minimum Gasteiger partial charge on any atom is -0.361 e. The molecule has 2 bridgehead atoms. The van der Waals surface area contributed by atoms with Crippen molar-refractivity contribution in [2.45, 2.75) is 38.6 Å². The Morgan fingerprint density at radius 2 is 2.22 bits per heavy atom. The van der Waals surface area contributed by atoms with Gasteiger partial charge in [0.25, 0.3) is 0 Å². The highest BCUT2D eigenvalue weighted by atomic mass is 19.1. The molecule has 122 valence electrons. The van der Waals surface area contributed by atoms with Gasteiger partial charge in [-0.25, -0.2) is 4.39 Å². The fraction of sp³-hybridized carbons (Fsp3) is 0.500. The van der Waals surface area contributed by atoms with Crippen LogP contribution in [0.5, 0.6) is 0 Å². The van der Waals surface area contributed by atoms with E-state index in [1.807, 2.05) is 12.3 Å². The maximum absolute atomic E-state index is 13.5. The minimum absolute atomic E-state index is 0.152. The number of nitrogens with zero attached hydrogens (tertiary/aromatic N) is 1. The smallest absolute Gasteiger partial charge is 0.123 e. The van der Waals surface area contributed by atoms with Crippen molar-refractivity contribution in [3.8, 4) is 0 Å². The SMILES string of the molecule is CCCC1CC2C=CC1N(CCc1c[nH]c3ccc(F)cc13)C2. The van der Waals surface area contributed by atoms with E-state index in [0.29, 0.717) is 6.04 Å². The number of nitrogens with one attached hydrogen (secondary N) is 1. The molecule has 1 saturated heterocycles. The topological polar surface area (TPSA) is 19.0 Å². The fourth-order valence-corrected chi connectivity index (χ4v) is 4.53. The van der Waals surface area contributed by atoms with Gasteiger partial charge in [-0.15, -0.1) is 0 Å². The number of hydrogen-bond donors (Lipinski definition) is 1. The van der Waals surface area contributed by atoms with Gasteiger partial charge in [-0.1, -0.05) is 25.5 Å². The molecular formula is C20H25FN2. The zero-order valence-corrected chi connectivity index (χ0v) is 13.8. The van der Waals surface area contributed by atoms with Crippen LogP contribution in [0.3, 0.4) is 0 Å². The van der Waals surface area contributed by atoms with E-state index < -0.39 is 0 Å². The normalized spacial score (nSPS) is 27.1. The number of H-pyrrole nitrogens is 1. The highest BCUT2D eigenvalue weighted by Crippen LogP contribution is 2.36. The summed E-state index contributed by atoms with van der Waals surface area (Å²) in [5.74, 6) is 1.41. The van der Waals surface area contributed by atoms with Crippen molar-refractivity contribution >= 4 is 10.9 Å². The second kappa shape index (κ2) is 6.12. The lowest BCUT2D eigenvalue weighted by molar-refractivity contribution is 0.0798. The standard InChI is InChI=1S/C20H25FN2/c1-2-3-15-10-14-4-7-20(15)23(13-14)9-8-16-12-22-19-6-5-17(21)11-18(16)19/h4-7,11-12,14-15,20,22H,2-3,8-10,13H2,1H3. The van der Waals surface area contributed by atoms with E-state index in [0.717, 1.165) is 35.7 Å². The molecule has 3 heteroatoms. The summed E-state index contributed by atoms with van der Waals surface area (Å²) in [5, 5.41) is 1.04. The van der Waals surface area contributed by atoms with Gasteiger partial charge in [-0.2, -0.15) is 0 Å². The Kier molecular flexibility index (Phi) is 3.98. The number of piperidine rings is 1. The van der Waals surface area contributed by atoms with Gasteiger partial charge in [0.15, 0.2) is 0 Å². The Morgan fingerprint density at radius 3 is 3.04 bits per heavy atom. The van der Waals surface area contributed by atoms with E-state index in [9.17, 15) is 4.39 Å². The predicted octanol–water partition coefficient (Wildman–Crippen LogP) is 4.53. The summed E-state index contributed by atoms with van der Waals surface area (Å²) < 4.78 is 13.5. The largest absolute Gasteiger partial charge is 0.361 e. The molecule has 1 aliphatic carbocycles. The molecule has 2 aromatic rings. The molecule has 0 radical (unpaired) electrons. The summed E-state index contributed by atoms with van der Waals surface area (Å²) in [7, 11) is 0. The van der Waals surface area contributed by atoms with Crippen molar-refractivity contribution in [1.82, 2.24) is 9.88 Å². The third kappa shape index (κ3) is 2.83. The van der Waals surface area contributed by atoms with Gasteiger partial charge < -0.3 is 4.98 Å². The van der Waals surface area contributed by atoms with E-state index in [2.05, 4.69) is 29.0 Å². The molecule has 3 heterocycles. The zero-order chi connectivity index (χ0) is 15.8. The van der Waals surface area contributed by atoms with E-state index >= 15 is 0 Å². The average Bonchev–Trinajstić information content (AvgIpc) is 2.96. The quantitative estimate of drug-likeness (QED) is 0.804. The Hall–Kier alpha value is -1.61. The second-order valence-electron chi connectivity index (χ2n) is 7.17. The van der Waals surface area contributed by atoms with Crippen LogP contribution in [0.2, 0.25) is 0 Å². The van der Waals surface area contributed by atoms with Crippen LogP contribution in [0.25, 0.3) is 10.9 Å². The third-order valence-corrected chi connectivity index (χ3v) is 5.62. The summed E-state index contributed by atoms with van der Waals surface area (Å²) in [6.07, 6.45) is 11.9. The van der Waals surface area contributed by atoms with E-state index in [4.69, 9.17) is 0 Å². The molecule has 3 atom stereocenters. The molecule has 3 aliphatic rings. The van der Waals surface area contributed by atoms with Crippen molar-refractivity contribution in [3.05, 3.63) is 47.9 Å². The van der Waals surface area contributed by atoms with Gasteiger partial charge in [0.05, 0.1) is 0 Å². The Labute approximate surface area is 137 Å². The van der Waals surface area contributed by atoms with Gasteiger partial charge in [0.2, 0.25) is 0 Å². The number of rotatable bonds is 5. The molecule has 1 N–H and O–H groups in total. The third-order valence-electron chi connectivity index (χ3n) is 5.62. The maximum atomic E-state index is 13.5. The van der Waals surface area contributed by atoms with E-state index in [1.54, 1.807) is 6.07 Å². The molecular weight excluding hydrogens is 287 g/mol. The van der Waals surface area contributed by atoms with Crippen LogP contribution in [0.4, 0.5) is 4.39 Å². The number of hydrogen-bond acceptors (Lipinski definition) is 1. The molecule has 23 heavy (non-hydrogen) atoms. The summed E-state index contributed by atoms with van der Waals surface area (Å²) in [6, 6.07) is 5.62. The number of fused-ring (bicyclic) bond motifs is 3. The Morgan fingerprint density at radius 1 is 1.30 bits per heavy atom. The lowest BCUT2D eigenvalue weighted by Gasteiger charge is -2.46. The molecule has 0 amide bonds. The average molecular weight is 312 g/mol. The van der Waals surface area contributed by atoms with Gasteiger partial charge in [-0.05, 0) is 54.9 Å². The van der Waals surface area contributed by atoms with Crippen LogP contribution in [0.1, 0.15) is 31.7 Å². The molecule has 1 aromatic carbocycles. The van der Waals surface area contributed by atoms with Crippen LogP contribution in [-0.4, -0.2) is 29.0 Å². The molecule has 2 aliphatic heterocycles. The molecule has 5 rings (SSSR count). The number of aromatic nitrogens is 1. The summed E-state index contributed by atoms with van der Waals surface area (Å²) in [5.41, 5.74) is 2.27. The van der Waals surface area contributed by atoms with Crippen molar-refractivity contribution < 1.29 is 4.39 Å². The number of aromatic amines is 1. The summed E-state index contributed by atoms with van der Waals surface area (Å²) in [4.78, 5) is 5.91. The van der Waals surface area contributed by atoms with Crippen molar-refractivity contribution in [2.75, 3.05) is 13.1 Å². The Balaban J connectivity index is 1.48. The molecule has 1 fully saturated rings. The molecule has 3 unspecified atom stereocenters. The summed E-state index contributed by atoms with van der Waals surface area (Å²) in [6.45, 7) is 4.55. The lowest BCUT2D eigenvalue weighted by atomic mass is 9.75. The van der Waals surface area contributed by atoms with E-state index in [-0.39, 0.29) is 5.82 Å². The van der Waals surface area contributed by atoms with Gasteiger partial charge >= 0.3 is 0 Å². The fourth-order valence-electron chi connectivity index (χ4n) is 4.53. The first-order valence-electron chi connectivity index (χ1n) is 8.92. The van der Waals surface area contributed by atoms with Crippen molar-refractivity contribution in [1.29, 1.82) is 0 Å². The zero-order valence-electron chi connectivity index (χ0n) is 13.8. The van der Waals surface area contributed by atoms with Crippen molar-refractivity contribution in [3.63, 3.8) is 0 Å². The van der Waals surface area contributed by atoms with Crippen LogP contribution in [-0.2, 0) is 6.42 Å². The monoisotopic (exact) mass is 312 g/mol. The molecule has 0 saturated carbocycles. The van der Waals surface area contributed by atoms with Crippen LogP contribution >= 0.6 is 0 Å². The second-order valence-corrected chi connectivity index (χ2v) is 7.17. The number of halogens is 1. The van der Waals surface area contributed by atoms with E-state index in [1.165, 1.54) is 37.4 Å². The van der Waals surface area contributed by atoms with Crippen LogP contribution in [0.15, 0.2) is 36.5 Å². The molecule has 2 nitrogen and oxygen atoms in total. The highest BCUT2D eigenvalue weighted by molar-refractivity contribution is 5.83. The van der Waals surface area contributed by atoms with Crippen LogP contribution in [0, 0.1) is 17.7 Å². The first-order chi connectivity index (χ1) is 11.2. The van der Waals surface area contributed by atoms with Crippen molar-refractivity contribution in [2.24, 2.45) is 11.8 Å². The van der Waals surface area contributed by atoms with Gasteiger partial charge in [0, 0.05) is 36.2 Å². The van der Waals surface area contributed by atoms with Crippen LogP contribution < -0.4 is 0 Å². The number of benzene rings is 1. The first-order valence-corrected chi connectivity index (χ1v) is 8.92. The Bertz CT molecular complexity index is 718. The minimum atomic E-state index is -0.152. The molecule has 1 aromatic heterocycles. The highest BCUT2D eigenvalue weighted by Gasteiger charge is 2.36. The van der Waals surface area contributed by atoms with Gasteiger partial charge in [0.1, 0.15) is 5.82 Å². The van der Waals surface area contributed by atoms with Gasteiger partial charge in [-0.3, -0.25) is 4.90 Å². The predicted molar refractivity (Wildman–Crippen MR) is 93.0 cm³/mol. The first kappa shape index (κ1) is 14.9. The summed E-state index contributed by atoms with van der Waals surface area (Å²) >= 11 is 0. The molecule has 0 spiro atoms.